The normalized spacial score (nSPS) is 20.2. The van der Waals surface area contributed by atoms with E-state index in [1.807, 2.05) is 28.0 Å². The van der Waals surface area contributed by atoms with Crippen molar-refractivity contribution < 1.29 is 18.0 Å². The molecule has 1 saturated heterocycles. The van der Waals surface area contributed by atoms with Crippen LogP contribution in [0.2, 0.25) is 0 Å². The number of hydrogen-bond donors (Lipinski definition) is 0. The van der Waals surface area contributed by atoms with Crippen LogP contribution in [0, 0.1) is 0 Å². The lowest BCUT2D eigenvalue weighted by Crippen LogP contribution is -2.51. The summed E-state index contributed by atoms with van der Waals surface area (Å²) in [6.45, 7) is 6.25. The van der Waals surface area contributed by atoms with E-state index in [4.69, 9.17) is 0 Å². The first kappa shape index (κ1) is 23.9. The monoisotopic (exact) mass is 487 g/mol. The molecule has 1 atom stereocenters. The number of benzene rings is 2. The van der Waals surface area contributed by atoms with Gasteiger partial charge in [-0.3, -0.25) is 14.5 Å². The van der Waals surface area contributed by atoms with Crippen molar-refractivity contribution in [2.75, 3.05) is 44.2 Å². The molecule has 0 spiro atoms. The third-order valence-corrected chi connectivity index (χ3v) is 9.28. The highest BCUT2D eigenvalue weighted by Gasteiger charge is 2.31. The maximum absolute atomic E-state index is 13.2. The Hall–Kier alpha value is -2.20. The summed E-state index contributed by atoms with van der Waals surface area (Å²) in [7, 11) is -3.63. The Labute approximate surface area is 199 Å². The number of rotatable bonds is 5. The van der Waals surface area contributed by atoms with Gasteiger partial charge < -0.3 is 4.90 Å². The largest absolute Gasteiger partial charge is 0.310 e. The molecule has 0 saturated carbocycles. The summed E-state index contributed by atoms with van der Waals surface area (Å²) >= 11 is 1.80. The van der Waals surface area contributed by atoms with Gasteiger partial charge in [0, 0.05) is 48.4 Å². The highest BCUT2D eigenvalue weighted by molar-refractivity contribution is 8.00. The third-order valence-electron chi connectivity index (χ3n) is 6.13. The van der Waals surface area contributed by atoms with Crippen LogP contribution in [0.25, 0.3) is 0 Å². The van der Waals surface area contributed by atoms with Crippen LogP contribution in [0.5, 0.6) is 0 Å². The molecule has 1 fully saturated rings. The fraction of sp³-hybridized carbons (Fsp3) is 0.417. The molecule has 0 aliphatic carbocycles. The fourth-order valence-corrected chi connectivity index (χ4v) is 6.70. The average molecular weight is 488 g/mol. The maximum Gasteiger partial charge on any atom is 0.243 e. The number of carbonyl (C=O) groups is 2. The van der Waals surface area contributed by atoms with Crippen molar-refractivity contribution in [3.8, 4) is 0 Å². The van der Waals surface area contributed by atoms with E-state index < -0.39 is 10.0 Å². The minimum atomic E-state index is -3.63. The maximum atomic E-state index is 13.2. The molecule has 0 radical (unpaired) electrons. The quantitative estimate of drug-likeness (QED) is 0.603. The van der Waals surface area contributed by atoms with Gasteiger partial charge in [0.15, 0.2) is 5.78 Å². The second kappa shape index (κ2) is 9.97. The molecule has 0 N–H and O–H groups in total. The zero-order valence-electron chi connectivity index (χ0n) is 18.9. The van der Waals surface area contributed by atoms with Crippen molar-refractivity contribution in [1.82, 2.24) is 9.21 Å². The van der Waals surface area contributed by atoms with Gasteiger partial charge in [0.05, 0.1) is 17.1 Å². The number of thioether (sulfide) groups is 1. The second-order valence-electron chi connectivity index (χ2n) is 8.49. The molecule has 1 amide bonds. The van der Waals surface area contributed by atoms with Gasteiger partial charge in [-0.25, -0.2) is 8.42 Å². The molecule has 2 aromatic carbocycles. The Bertz CT molecular complexity index is 1130. The Kier molecular flexibility index (Phi) is 7.23. The Balaban J connectivity index is 1.38. The van der Waals surface area contributed by atoms with Crippen LogP contribution in [-0.4, -0.2) is 73.8 Å². The lowest BCUT2D eigenvalue weighted by molar-refractivity contribution is -0.120. The summed E-state index contributed by atoms with van der Waals surface area (Å²) in [5.41, 5.74) is 1.45. The van der Waals surface area contributed by atoms with Gasteiger partial charge in [-0.15, -0.1) is 11.8 Å². The zero-order valence-corrected chi connectivity index (χ0v) is 20.6. The van der Waals surface area contributed by atoms with Gasteiger partial charge in [0.2, 0.25) is 15.9 Å². The summed E-state index contributed by atoms with van der Waals surface area (Å²) in [5.74, 6) is -0.0504. The number of hydrogen-bond acceptors (Lipinski definition) is 6. The fourth-order valence-electron chi connectivity index (χ4n) is 4.16. The molecular weight excluding hydrogens is 458 g/mol. The highest BCUT2D eigenvalue weighted by Crippen LogP contribution is 2.37. The van der Waals surface area contributed by atoms with Crippen molar-refractivity contribution in [3.05, 3.63) is 54.1 Å². The Morgan fingerprint density at radius 2 is 1.64 bits per heavy atom. The first-order valence-corrected chi connectivity index (χ1v) is 13.5. The molecule has 2 heterocycles. The molecule has 1 unspecified atom stereocenters. The van der Waals surface area contributed by atoms with Crippen LogP contribution in [-0.2, 0) is 14.8 Å². The average Bonchev–Trinajstić information content (AvgIpc) is 2.97. The van der Waals surface area contributed by atoms with Gasteiger partial charge in [0.1, 0.15) is 0 Å². The van der Waals surface area contributed by atoms with Crippen LogP contribution in [0.4, 0.5) is 5.69 Å². The van der Waals surface area contributed by atoms with Crippen molar-refractivity contribution in [2.24, 2.45) is 0 Å². The first-order valence-electron chi connectivity index (χ1n) is 11.2. The van der Waals surface area contributed by atoms with E-state index in [0.717, 1.165) is 17.0 Å². The van der Waals surface area contributed by atoms with Crippen molar-refractivity contribution >= 4 is 39.2 Å². The van der Waals surface area contributed by atoms with Crippen LogP contribution < -0.4 is 4.90 Å². The molecule has 4 rings (SSSR count). The van der Waals surface area contributed by atoms with Crippen molar-refractivity contribution in [3.63, 3.8) is 0 Å². The van der Waals surface area contributed by atoms with E-state index >= 15 is 0 Å². The Morgan fingerprint density at radius 1 is 0.970 bits per heavy atom. The van der Waals surface area contributed by atoms with Crippen LogP contribution in [0.15, 0.2) is 58.3 Å². The number of amides is 1. The number of para-hydroxylation sites is 1. The minimum Gasteiger partial charge on any atom is -0.310 e. The lowest BCUT2D eigenvalue weighted by Gasteiger charge is -2.34. The SMILES string of the molecule is CC(=O)c1ccc(S(=O)(=O)N2CCN(CC(=O)N3CCC(C)Sc4ccccc43)CC2)cc1. The summed E-state index contributed by atoms with van der Waals surface area (Å²) < 4.78 is 27.4. The van der Waals surface area contributed by atoms with Crippen LogP contribution in [0.3, 0.4) is 0 Å². The topological polar surface area (TPSA) is 78.0 Å². The van der Waals surface area contributed by atoms with E-state index in [0.29, 0.717) is 43.5 Å². The highest BCUT2D eigenvalue weighted by atomic mass is 32.2. The number of carbonyl (C=O) groups excluding carboxylic acids is 2. The number of piperazine rings is 1. The molecule has 9 heteroatoms. The molecule has 7 nitrogen and oxygen atoms in total. The molecule has 0 aromatic heterocycles. The summed E-state index contributed by atoms with van der Waals surface area (Å²) in [6.07, 6.45) is 0.930. The summed E-state index contributed by atoms with van der Waals surface area (Å²) in [5, 5.41) is 0.446. The molecule has 2 aliphatic heterocycles. The van der Waals surface area contributed by atoms with Gasteiger partial charge >= 0.3 is 0 Å². The molecule has 176 valence electrons. The number of nitrogens with zero attached hydrogens (tertiary/aromatic N) is 3. The number of Topliss-reactive ketones (excluding diaryl/α,β-unsaturated/α-hetero) is 1. The van der Waals surface area contributed by atoms with Gasteiger partial charge in [-0.05, 0) is 37.6 Å². The molecule has 2 aromatic rings. The zero-order chi connectivity index (χ0) is 23.6. The van der Waals surface area contributed by atoms with Crippen LogP contribution >= 0.6 is 11.8 Å². The predicted octanol–water partition coefficient (Wildman–Crippen LogP) is 3.11. The minimum absolute atomic E-state index is 0.0493. The van der Waals surface area contributed by atoms with E-state index in [2.05, 4.69) is 13.0 Å². The molecule has 33 heavy (non-hydrogen) atoms. The standard InChI is InChI=1S/C24H29N3O4S2/c1-18-11-12-27(22-5-3-4-6-23(22)32-18)24(29)17-25-13-15-26(16-14-25)33(30,31)21-9-7-20(8-10-21)19(2)28/h3-10,18H,11-17H2,1-2H3. The van der Waals surface area contributed by atoms with E-state index in [9.17, 15) is 18.0 Å². The Morgan fingerprint density at radius 3 is 2.30 bits per heavy atom. The molecule has 0 bridgehead atoms. The summed E-state index contributed by atoms with van der Waals surface area (Å²) in [6, 6.07) is 14.1. The molecular formula is C24H29N3O4S2. The van der Waals surface area contributed by atoms with Crippen LogP contribution in [0.1, 0.15) is 30.6 Å². The van der Waals surface area contributed by atoms with E-state index in [1.165, 1.54) is 23.4 Å². The van der Waals surface area contributed by atoms with E-state index in [1.54, 1.807) is 23.9 Å². The first-order chi connectivity index (χ1) is 15.8. The van der Waals surface area contributed by atoms with Gasteiger partial charge in [-0.1, -0.05) is 31.2 Å². The van der Waals surface area contributed by atoms with Gasteiger partial charge in [0.25, 0.3) is 0 Å². The third kappa shape index (κ3) is 5.32. The van der Waals surface area contributed by atoms with Crippen molar-refractivity contribution in [1.29, 1.82) is 0 Å². The second-order valence-corrected chi connectivity index (χ2v) is 11.9. The predicted molar refractivity (Wildman–Crippen MR) is 130 cm³/mol. The van der Waals surface area contributed by atoms with E-state index in [-0.39, 0.29) is 23.1 Å². The smallest absolute Gasteiger partial charge is 0.243 e. The van der Waals surface area contributed by atoms with Crippen molar-refractivity contribution in [2.45, 2.75) is 35.3 Å². The summed E-state index contributed by atoms with van der Waals surface area (Å²) in [4.78, 5) is 29.9. The number of ketones is 1. The lowest BCUT2D eigenvalue weighted by atomic mass is 10.2. The number of sulfonamides is 1. The van der Waals surface area contributed by atoms with Gasteiger partial charge in [-0.2, -0.15) is 4.31 Å². The number of fused-ring (bicyclic) bond motifs is 1. The number of anilines is 1. The molecule has 2 aliphatic rings.